The first-order chi connectivity index (χ1) is 7.13. The monoisotopic (exact) mass is 209 g/mol. The van der Waals surface area contributed by atoms with E-state index in [4.69, 9.17) is 0 Å². The number of esters is 1. The molecule has 0 amide bonds. The maximum atomic E-state index is 13.1. The fourth-order valence-electron chi connectivity index (χ4n) is 1.03. The quantitative estimate of drug-likeness (QED) is 0.715. The number of rotatable bonds is 3. The van der Waals surface area contributed by atoms with Crippen LogP contribution in [-0.4, -0.2) is 18.1 Å². The van der Waals surface area contributed by atoms with Gasteiger partial charge in [0, 0.05) is 5.69 Å². The average molecular weight is 209 g/mol. The maximum Gasteiger partial charge on any atom is 0.309 e. The summed E-state index contributed by atoms with van der Waals surface area (Å²) in [5.41, 5.74) is 0.966. The topological polar surface area (TPSA) is 39.2 Å². The van der Waals surface area contributed by atoms with Gasteiger partial charge < -0.3 is 4.74 Å². The predicted octanol–water partition coefficient (Wildman–Crippen LogP) is 2.11. The van der Waals surface area contributed by atoms with E-state index in [1.807, 2.05) is 0 Å². The Morgan fingerprint density at radius 2 is 2.33 bits per heavy atom. The van der Waals surface area contributed by atoms with E-state index in [2.05, 4.69) is 9.72 Å². The van der Waals surface area contributed by atoms with Crippen molar-refractivity contribution in [3.8, 4) is 0 Å². The van der Waals surface area contributed by atoms with Crippen LogP contribution >= 0.6 is 0 Å². The Morgan fingerprint density at radius 1 is 1.60 bits per heavy atom. The zero-order valence-corrected chi connectivity index (χ0v) is 8.66. The normalized spacial score (nSPS) is 10.6. The zero-order valence-electron chi connectivity index (χ0n) is 8.66. The van der Waals surface area contributed by atoms with Crippen molar-refractivity contribution in [1.82, 2.24) is 4.98 Å². The predicted molar refractivity (Wildman–Crippen MR) is 54.6 cm³/mol. The van der Waals surface area contributed by atoms with Crippen LogP contribution in [0.4, 0.5) is 4.39 Å². The van der Waals surface area contributed by atoms with Gasteiger partial charge >= 0.3 is 5.97 Å². The molecule has 0 aliphatic carbocycles. The van der Waals surface area contributed by atoms with Crippen LogP contribution in [0.25, 0.3) is 6.08 Å². The molecule has 0 radical (unpaired) electrons. The summed E-state index contributed by atoms with van der Waals surface area (Å²) < 4.78 is 17.6. The highest BCUT2D eigenvalue weighted by Gasteiger charge is 2.00. The van der Waals surface area contributed by atoms with Crippen LogP contribution in [0, 0.1) is 12.7 Å². The third kappa shape index (κ3) is 3.50. The smallest absolute Gasteiger partial charge is 0.309 e. The van der Waals surface area contributed by atoms with Gasteiger partial charge in [-0.2, -0.15) is 0 Å². The summed E-state index contributed by atoms with van der Waals surface area (Å²) >= 11 is 0. The molecule has 0 atom stereocenters. The molecule has 0 fully saturated rings. The maximum absolute atomic E-state index is 13.1. The molecule has 0 aliphatic heterocycles. The van der Waals surface area contributed by atoms with Crippen molar-refractivity contribution in [3.05, 3.63) is 35.4 Å². The second-order valence-electron chi connectivity index (χ2n) is 3.00. The first kappa shape index (κ1) is 11.4. The molecular weight excluding hydrogens is 197 g/mol. The summed E-state index contributed by atoms with van der Waals surface area (Å²) in [6, 6.07) is 2.94. The van der Waals surface area contributed by atoms with Gasteiger partial charge in [-0.3, -0.25) is 9.78 Å². The highest BCUT2D eigenvalue weighted by molar-refractivity contribution is 5.72. The number of aromatic nitrogens is 1. The van der Waals surface area contributed by atoms with E-state index in [-0.39, 0.29) is 18.1 Å². The molecule has 0 aromatic carbocycles. The summed E-state index contributed by atoms with van der Waals surface area (Å²) in [5.74, 6) is -0.763. The Labute approximate surface area is 87.6 Å². The van der Waals surface area contributed by atoms with Crippen LogP contribution < -0.4 is 0 Å². The number of hydrogen-bond acceptors (Lipinski definition) is 3. The van der Waals surface area contributed by atoms with Crippen LogP contribution in [0.1, 0.15) is 17.8 Å². The summed E-state index contributed by atoms with van der Waals surface area (Å²) in [6.45, 7) is 1.77. The summed E-state index contributed by atoms with van der Waals surface area (Å²) in [7, 11) is 1.31. The molecule has 0 N–H and O–H groups in total. The Kier molecular flexibility index (Phi) is 3.97. The number of carbonyl (C=O) groups is 1. The van der Waals surface area contributed by atoms with Crippen LogP contribution in [0.3, 0.4) is 0 Å². The van der Waals surface area contributed by atoms with E-state index in [1.165, 1.54) is 25.3 Å². The van der Waals surface area contributed by atoms with Gasteiger partial charge in [0.2, 0.25) is 0 Å². The van der Waals surface area contributed by atoms with Gasteiger partial charge in [-0.25, -0.2) is 4.39 Å². The van der Waals surface area contributed by atoms with Gasteiger partial charge in [0.1, 0.15) is 5.82 Å². The van der Waals surface area contributed by atoms with Crippen LogP contribution in [-0.2, 0) is 9.53 Å². The van der Waals surface area contributed by atoms with Crippen molar-refractivity contribution in [2.24, 2.45) is 0 Å². The van der Waals surface area contributed by atoms with Gasteiger partial charge in [-0.1, -0.05) is 6.08 Å². The third-order valence-electron chi connectivity index (χ3n) is 1.80. The van der Waals surface area contributed by atoms with E-state index < -0.39 is 5.82 Å². The number of ether oxygens (including phenoxy) is 1. The fourth-order valence-corrected chi connectivity index (χ4v) is 1.03. The lowest BCUT2D eigenvalue weighted by Gasteiger charge is -1.97. The van der Waals surface area contributed by atoms with E-state index in [0.29, 0.717) is 0 Å². The van der Waals surface area contributed by atoms with E-state index in [1.54, 1.807) is 13.0 Å². The molecule has 4 heteroatoms. The van der Waals surface area contributed by atoms with Gasteiger partial charge in [0.15, 0.2) is 0 Å². The standard InChI is InChI=1S/C11H12FNO2/c1-8-6-7-9(12)10(13-8)4-3-5-11(14)15-2/h3-4,6-7H,5H2,1-2H3. The minimum Gasteiger partial charge on any atom is -0.469 e. The summed E-state index contributed by atoms with van der Waals surface area (Å²) in [6.07, 6.45) is 3.11. The SMILES string of the molecule is COC(=O)CC=Cc1nc(C)ccc1F. The highest BCUT2D eigenvalue weighted by Crippen LogP contribution is 2.07. The van der Waals surface area contributed by atoms with Crippen molar-refractivity contribution >= 4 is 12.0 Å². The molecule has 3 nitrogen and oxygen atoms in total. The zero-order chi connectivity index (χ0) is 11.3. The minimum atomic E-state index is -0.401. The molecule has 0 unspecified atom stereocenters. The summed E-state index contributed by atoms with van der Waals surface area (Å²) in [5, 5.41) is 0. The molecule has 1 heterocycles. The van der Waals surface area contributed by atoms with Gasteiger partial charge in [-0.15, -0.1) is 0 Å². The lowest BCUT2D eigenvalue weighted by Crippen LogP contribution is -1.97. The molecule has 1 aromatic rings. The Bertz CT molecular complexity index is 388. The molecule has 0 saturated carbocycles. The van der Waals surface area contributed by atoms with Crippen molar-refractivity contribution in [2.45, 2.75) is 13.3 Å². The van der Waals surface area contributed by atoms with Crippen molar-refractivity contribution in [2.75, 3.05) is 7.11 Å². The number of halogens is 1. The average Bonchev–Trinajstić information content (AvgIpc) is 2.23. The molecule has 0 saturated heterocycles. The third-order valence-corrected chi connectivity index (χ3v) is 1.80. The first-order valence-corrected chi connectivity index (χ1v) is 4.50. The number of pyridine rings is 1. The van der Waals surface area contributed by atoms with Crippen molar-refractivity contribution < 1.29 is 13.9 Å². The Balaban J connectivity index is 2.71. The molecule has 80 valence electrons. The molecule has 0 spiro atoms. The molecule has 15 heavy (non-hydrogen) atoms. The van der Waals surface area contributed by atoms with Crippen LogP contribution in [0.2, 0.25) is 0 Å². The van der Waals surface area contributed by atoms with Gasteiger partial charge in [-0.05, 0) is 25.1 Å². The lowest BCUT2D eigenvalue weighted by atomic mass is 10.2. The number of aryl methyl sites for hydroxylation is 1. The Hall–Kier alpha value is -1.71. The Morgan fingerprint density at radius 3 is 3.00 bits per heavy atom. The second kappa shape index (κ2) is 5.24. The van der Waals surface area contributed by atoms with Crippen molar-refractivity contribution in [1.29, 1.82) is 0 Å². The van der Waals surface area contributed by atoms with Crippen LogP contribution in [0.15, 0.2) is 18.2 Å². The molecule has 1 rings (SSSR count). The molecule has 0 bridgehead atoms. The van der Waals surface area contributed by atoms with Crippen molar-refractivity contribution in [3.63, 3.8) is 0 Å². The van der Waals surface area contributed by atoms with E-state index >= 15 is 0 Å². The minimum absolute atomic E-state index is 0.117. The van der Waals surface area contributed by atoms with Crippen LogP contribution in [0.5, 0.6) is 0 Å². The number of hydrogen-bond donors (Lipinski definition) is 0. The molecule has 1 aromatic heterocycles. The largest absolute Gasteiger partial charge is 0.469 e. The number of nitrogens with zero attached hydrogens (tertiary/aromatic N) is 1. The second-order valence-corrected chi connectivity index (χ2v) is 3.00. The number of carbonyl (C=O) groups excluding carboxylic acids is 1. The van der Waals surface area contributed by atoms with Gasteiger partial charge in [0.25, 0.3) is 0 Å². The lowest BCUT2D eigenvalue weighted by molar-refractivity contribution is -0.139. The van der Waals surface area contributed by atoms with Gasteiger partial charge in [0.05, 0.1) is 19.2 Å². The molecule has 0 aliphatic rings. The first-order valence-electron chi connectivity index (χ1n) is 4.50. The fraction of sp³-hybridized carbons (Fsp3) is 0.273. The number of methoxy groups -OCH3 is 1. The summed E-state index contributed by atoms with van der Waals surface area (Å²) in [4.78, 5) is 14.7. The van der Waals surface area contributed by atoms with E-state index in [0.717, 1.165) is 5.69 Å². The molecular formula is C11H12FNO2. The van der Waals surface area contributed by atoms with E-state index in [9.17, 15) is 9.18 Å². The highest BCUT2D eigenvalue weighted by atomic mass is 19.1.